The number of rotatable bonds is 8. The Hall–Kier alpha value is -2.87. The number of benzene rings is 2. The third-order valence-corrected chi connectivity index (χ3v) is 6.79. The van der Waals surface area contributed by atoms with E-state index in [0.29, 0.717) is 18.7 Å². The lowest BCUT2D eigenvalue weighted by Gasteiger charge is -2.40. The van der Waals surface area contributed by atoms with E-state index in [1.165, 1.54) is 5.56 Å². The smallest absolute Gasteiger partial charge is 0.338 e. The van der Waals surface area contributed by atoms with E-state index >= 15 is 0 Å². The van der Waals surface area contributed by atoms with Crippen LogP contribution < -0.4 is 5.32 Å². The van der Waals surface area contributed by atoms with Crippen molar-refractivity contribution in [2.24, 2.45) is 0 Å². The number of amides is 2. The molecule has 2 amide bonds. The first-order valence-corrected chi connectivity index (χ1v) is 12.6. The molecule has 4 rings (SSSR count). The van der Waals surface area contributed by atoms with Crippen molar-refractivity contribution in [1.29, 1.82) is 0 Å². The maximum atomic E-state index is 13.2. The van der Waals surface area contributed by atoms with E-state index in [1.54, 1.807) is 11.8 Å². The van der Waals surface area contributed by atoms with Crippen LogP contribution >= 0.6 is 11.6 Å². The molecule has 186 valence electrons. The SMILES string of the molecule is CCOC(=O)C1=C(CN2CCN(Cc3ccc(Cl)cc3)CC2)N(CC)C(=O)NC1c1ccccc1. The summed E-state index contributed by atoms with van der Waals surface area (Å²) in [5.41, 5.74) is 3.35. The van der Waals surface area contributed by atoms with Crippen LogP contribution in [0.3, 0.4) is 0 Å². The van der Waals surface area contributed by atoms with E-state index in [2.05, 4.69) is 27.2 Å². The number of nitrogens with zero attached hydrogens (tertiary/aromatic N) is 3. The van der Waals surface area contributed by atoms with Crippen LogP contribution in [-0.2, 0) is 16.1 Å². The van der Waals surface area contributed by atoms with Crippen LogP contribution in [0.25, 0.3) is 0 Å². The van der Waals surface area contributed by atoms with E-state index in [9.17, 15) is 9.59 Å². The molecule has 0 spiro atoms. The van der Waals surface area contributed by atoms with Crippen LogP contribution in [0.4, 0.5) is 4.79 Å². The van der Waals surface area contributed by atoms with Crippen molar-refractivity contribution in [3.63, 3.8) is 0 Å². The van der Waals surface area contributed by atoms with Gasteiger partial charge in [-0.3, -0.25) is 14.7 Å². The highest BCUT2D eigenvalue weighted by Gasteiger charge is 2.38. The molecule has 0 saturated carbocycles. The zero-order valence-electron chi connectivity index (χ0n) is 20.4. The summed E-state index contributed by atoms with van der Waals surface area (Å²) >= 11 is 6.01. The molecule has 1 fully saturated rings. The number of nitrogens with one attached hydrogen (secondary N) is 1. The number of piperazine rings is 1. The second kappa shape index (κ2) is 11.7. The highest BCUT2D eigenvalue weighted by atomic mass is 35.5. The number of esters is 1. The van der Waals surface area contributed by atoms with E-state index < -0.39 is 6.04 Å². The molecule has 0 radical (unpaired) electrons. The van der Waals surface area contributed by atoms with Crippen LogP contribution in [0, 0.1) is 0 Å². The zero-order chi connectivity index (χ0) is 24.8. The average Bonchev–Trinajstić information content (AvgIpc) is 2.87. The molecular weight excluding hydrogens is 464 g/mol. The largest absolute Gasteiger partial charge is 0.463 e. The fourth-order valence-corrected chi connectivity index (χ4v) is 4.84. The number of carbonyl (C=O) groups excluding carboxylic acids is 2. The quantitative estimate of drug-likeness (QED) is 0.558. The van der Waals surface area contributed by atoms with Gasteiger partial charge in [0.25, 0.3) is 0 Å². The fourth-order valence-electron chi connectivity index (χ4n) is 4.72. The van der Waals surface area contributed by atoms with Crippen LogP contribution in [0.5, 0.6) is 0 Å². The van der Waals surface area contributed by atoms with Gasteiger partial charge >= 0.3 is 12.0 Å². The Kier molecular flexibility index (Phi) is 8.44. The number of likely N-dealkylation sites (N-methyl/N-ethyl adjacent to an activating group) is 1. The third kappa shape index (κ3) is 6.04. The van der Waals surface area contributed by atoms with Gasteiger partial charge in [0.15, 0.2) is 0 Å². The van der Waals surface area contributed by atoms with Crippen LogP contribution in [0.15, 0.2) is 65.9 Å². The van der Waals surface area contributed by atoms with Crippen LogP contribution in [0.1, 0.15) is 31.0 Å². The topological polar surface area (TPSA) is 65.1 Å². The molecule has 0 aliphatic carbocycles. The minimum Gasteiger partial charge on any atom is -0.463 e. The first-order chi connectivity index (χ1) is 17.0. The van der Waals surface area contributed by atoms with Gasteiger partial charge in [-0.05, 0) is 37.1 Å². The number of urea groups is 1. The Bertz CT molecular complexity index is 1050. The van der Waals surface area contributed by atoms with Crippen LogP contribution in [0.2, 0.25) is 5.02 Å². The van der Waals surface area contributed by atoms with Gasteiger partial charge in [0.05, 0.1) is 18.2 Å². The summed E-state index contributed by atoms with van der Waals surface area (Å²) in [6.45, 7) is 9.39. The second-order valence-electron chi connectivity index (χ2n) is 8.80. The molecule has 1 unspecified atom stereocenters. The Morgan fingerprint density at radius 1 is 0.971 bits per heavy atom. The minimum absolute atomic E-state index is 0.189. The molecule has 8 heteroatoms. The van der Waals surface area contributed by atoms with Crippen molar-refractivity contribution in [2.75, 3.05) is 45.9 Å². The summed E-state index contributed by atoms with van der Waals surface area (Å²) in [4.78, 5) is 32.6. The highest BCUT2D eigenvalue weighted by molar-refractivity contribution is 6.30. The Balaban J connectivity index is 1.55. The molecule has 2 aromatic rings. The number of hydrogen-bond acceptors (Lipinski definition) is 5. The molecule has 35 heavy (non-hydrogen) atoms. The molecule has 7 nitrogen and oxygen atoms in total. The van der Waals surface area contributed by atoms with E-state index in [4.69, 9.17) is 16.3 Å². The Morgan fingerprint density at radius 2 is 1.60 bits per heavy atom. The summed E-state index contributed by atoms with van der Waals surface area (Å²) in [7, 11) is 0. The summed E-state index contributed by atoms with van der Waals surface area (Å²) in [5, 5.41) is 3.77. The number of ether oxygens (including phenoxy) is 1. The molecule has 0 bridgehead atoms. The van der Waals surface area contributed by atoms with E-state index in [1.807, 2.05) is 49.4 Å². The molecule has 1 N–H and O–H groups in total. The van der Waals surface area contributed by atoms with Gasteiger partial charge in [0.2, 0.25) is 0 Å². The predicted molar refractivity (Wildman–Crippen MR) is 137 cm³/mol. The lowest BCUT2D eigenvalue weighted by molar-refractivity contribution is -0.139. The molecular formula is C27H33ClN4O3. The number of carbonyl (C=O) groups is 2. The first kappa shape index (κ1) is 25.2. The van der Waals surface area contributed by atoms with Gasteiger partial charge in [-0.25, -0.2) is 9.59 Å². The van der Waals surface area contributed by atoms with Crippen molar-refractivity contribution in [3.05, 3.63) is 82.0 Å². The predicted octanol–water partition coefficient (Wildman–Crippen LogP) is 4.06. The third-order valence-electron chi connectivity index (χ3n) is 6.54. The second-order valence-corrected chi connectivity index (χ2v) is 9.23. The highest BCUT2D eigenvalue weighted by Crippen LogP contribution is 2.32. The molecule has 2 aliphatic heterocycles. The zero-order valence-corrected chi connectivity index (χ0v) is 21.1. The summed E-state index contributed by atoms with van der Waals surface area (Å²) in [6.07, 6.45) is 0. The number of hydrogen-bond donors (Lipinski definition) is 1. The monoisotopic (exact) mass is 496 g/mol. The molecule has 2 aromatic carbocycles. The average molecular weight is 497 g/mol. The summed E-state index contributed by atoms with van der Waals surface area (Å²) in [6, 6.07) is 16.9. The molecule has 0 aromatic heterocycles. The lowest BCUT2D eigenvalue weighted by atomic mass is 9.94. The molecule has 1 atom stereocenters. The molecule has 2 heterocycles. The van der Waals surface area contributed by atoms with E-state index in [0.717, 1.165) is 49.0 Å². The van der Waals surface area contributed by atoms with Gasteiger partial charge in [0, 0.05) is 56.5 Å². The summed E-state index contributed by atoms with van der Waals surface area (Å²) in [5.74, 6) is -0.379. The van der Waals surface area contributed by atoms with Gasteiger partial charge in [0.1, 0.15) is 0 Å². The lowest BCUT2D eigenvalue weighted by Crippen LogP contribution is -2.53. The van der Waals surface area contributed by atoms with Gasteiger partial charge in [-0.2, -0.15) is 0 Å². The van der Waals surface area contributed by atoms with Gasteiger partial charge < -0.3 is 10.1 Å². The molecule has 1 saturated heterocycles. The normalized spacial score (nSPS) is 19.6. The van der Waals surface area contributed by atoms with Gasteiger partial charge in [-0.15, -0.1) is 0 Å². The van der Waals surface area contributed by atoms with Crippen molar-refractivity contribution in [2.45, 2.75) is 26.4 Å². The standard InChI is InChI=1S/C27H33ClN4O3/c1-3-32-23(19-31-16-14-30(15-17-31)18-20-10-12-22(28)13-11-20)24(26(33)35-4-2)25(29-27(32)34)21-8-6-5-7-9-21/h5-13,25H,3-4,14-19H2,1-2H3,(H,29,34). The first-order valence-electron chi connectivity index (χ1n) is 12.2. The van der Waals surface area contributed by atoms with Crippen molar-refractivity contribution < 1.29 is 14.3 Å². The van der Waals surface area contributed by atoms with Crippen molar-refractivity contribution >= 4 is 23.6 Å². The fraction of sp³-hybridized carbons (Fsp3) is 0.407. The molecule has 2 aliphatic rings. The van der Waals surface area contributed by atoms with Crippen molar-refractivity contribution in [1.82, 2.24) is 20.0 Å². The van der Waals surface area contributed by atoms with Crippen LogP contribution in [-0.4, -0.2) is 72.6 Å². The van der Waals surface area contributed by atoms with Crippen molar-refractivity contribution in [3.8, 4) is 0 Å². The Labute approximate surface area is 212 Å². The maximum absolute atomic E-state index is 13.2. The van der Waals surface area contributed by atoms with Gasteiger partial charge in [-0.1, -0.05) is 54.1 Å². The summed E-state index contributed by atoms with van der Waals surface area (Å²) < 4.78 is 5.46. The Morgan fingerprint density at radius 3 is 2.20 bits per heavy atom. The maximum Gasteiger partial charge on any atom is 0.338 e. The number of halogens is 1. The van der Waals surface area contributed by atoms with E-state index in [-0.39, 0.29) is 18.6 Å². The minimum atomic E-state index is -0.535.